The number of benzene rings is 2. The zero-order valence-electron chi connectivity index (χ0n) is 13.9. The molecule has 0 spiro atoms. The smallest absolute Gasteiger partial charge is 0.204 e. The summed E-state index contributed by atoms with van der Waals surface area (Å²) in [5.41, 5.74) is 2.37. The van der Waals surface area contributed by atoms with Crippen LogP contribution >= 0.6 is 0 Å². The lowest BCUT2D eigenvalue weighted by molar-refractivity contribution is 0.452. The van der Waals surface area contributed by atoms with Gasteiger partial charge in [0.1, 0.15) is 34.5 Å². The van der Waals surface area contributed by atoms with E-state index in [0.717, 1.165) is 11.6 Å². The number of phenols is 3. The van der Waals surface area contributed by atoms with Crippen molar-refractivity contribution in [1.29, 1.82) is 0 Å². The topological polar surface area (TPSA) is 90.9 Å². The van der Waals surface area contributed by atoms with Gasteiger partial charge in [0.15, 0.2) is 0 Å². The predicted molar refractivity (Wildman–Crippen MR) is 96.0 cm³/mol. The molecular weight excluding hydrogens is 320 g/mol. The molecule has 0 aliphatic rings. The van der Waals surface area contributed by atoms with Crippen LogP contribution in [-0.4, -0.2) is 15.3 Å². The Kier molecular flexibility index (Phi) is 4.23. The molecule has 0 fully saturated rings. The lowest BCUT2D eigenvalue weighted by Crippen LogP contribution is -2.05. The van der Waals surface area contributed by atoms with E-state index in [4.69, 9.17) is 4.42 Å². The van der Waals surface area contributed by atoms with Gasteiger partial charge < -0.3 is 19.7 Å². The van der Waals surface area contributed by atoms with Crippen molar-refractivity contribution in [3.8, 4) is 28.4 Å². The van der Waals surface area contributed by atoms with Crippen LogP contribution in [0.5, 0.6) is 17.2 Å². The normalized spacial score (nSPS) is 10.8. The summed E-state index contributed by atoms with van der Waals surface area (Å²) in [7, 11) is 0. The van der Waals surface area contributed by atoms with Crippen molar-refractivity contribution >= 4 is 11.0 Å². The molecule has 0 bridgehead atoms. The Bertz CT molecular complexity index is 1040. The maximum Gasteiger partial charge on any atom is 0.204 e. The molecule has 1 aromatic heterocycles. The van der Waals surface area contributed by atoms with E-state index in [1.165, 1.54) is 18.4 Å². The third-order valence-electron chi connectivity index (χ3n) is 3.96. The van der Waals surface area contributed by atoms with Gasteiger partial charge in [-0.2, -0.15) is 0 Å². The van der Waals surface area contributed by atoms with Crippen LogP contribution in [0.2, 0.25) is 0 Å². The average molecular weight is 338 g/mol. The van der Waals surface area contributed by atoms with Gasteiger partial charge in [-0.15, -0.1) is 0 Å². The molecular formula is C20H18O5. The fraction of sp³-hybridized carbons (Fsp3) is 0.150. The molecule has 3 aromatic rings. The molecule has 3 rings (SSSR count). The molecule has 0 unspecified atom stereocenters. The Morgan fingerprint density at radius 1 is 1.08 bits per heavy atom. The predicted octanol–water partition coefficient (Wildman–Crippen LogP) is 4.09. The van der Waals surface area contributed by atoms with Crippen LogP contribution < -0.4 is 5.43 Å². The van der Waals surface area contributed by atoms with Crippen molar-refractivity contribution in [3.63, 3.8) is 0 Å². The summed E-state index contributed by atoms with van der Waals surface area (Å²) in [4.78, 5) is 12.7. The van der Waals surface area contributed by atoms with Crippen molar-refractivity contribution in [2.45, 2.75) is 20.3 Å². The van der Waals surface area contributed by atoms with Gasteiger partial charge in [0, 0.05) is 12.1 Å². The van der Waals surface area contributed by atoms with E-state index >= 15 is 0 Å². The fourth-order valence-electron chi connectivity index (χ4n) is 2.65. The minimum absolute atomic E-state index is 0.00854. The SMILES string of the molecule is CC(C)=CCc1cc(-c2coc3cc(O)cc(O)c3c2=O)ccc1O. The van der Waals surface area contributed by atoms with Gasteiger partial charge in [-0.05, 0) is 43.5 Å². The summed E-state index contributed by atoms with van der Waals surface area (Å²) in [6, 6.07) is 7.25. The van der Waals surface area contributed by atoms with Crippen LogP contribution in [0.25, 0.3) is 22.1 Å². The van der Waals surface area contributed by atoms with Gasteiger partial charge in [0.05, 0.1) is 5.56 Å². The Labute approximate surface area is 144 Å². The van der Waals surface area contributed by atoms with Gasteiger partial charge in [0.25, 0.3) is 0 Å². The van der Waals surface area contributed by atoms with E-state index in [1.54, 1.807) is 12.1 Å². The highest BCUT2D eigenvalue weighted by Crippen LogP contribution is 2.31. The highest BCUT2D eigenvalue weighted by molar-refractivity contribution is 5.88. The molecule has 0 radical (unpaired) electrons. The molecule has 0 amide bonds. The number of allylic oxidation sites excluding steroid dienone is 2. The molecule has 3 N–H and O–H groups in total. The van der Waals surface area contributed by atoms with Crippen molar-refractivity contribution in [3.05, 3.63) is 64.0 Å². The van der Waals surface area contributed by atoms with E-state index in [1.807, 2.05) is 19.9 Å². The molecule has 0 aliphatic heterocycles. The second-order valence-electron chi connectivity index (χ2n) is 6.15. The molecule has 128 valence electrons. The minimum atomic E-state index is -0.405. The van der Waals surface area contributed by atoms with Crippen LogP contribution in [0.3, 0.4) is 0 Å². The number of fused-ring (bicyclic) bond motifs is 1. The summed E-state index contributed by atoms with van der Waals surface area (Å²) in [5.74, 6) is -0.372. The lowest BCUT2D eigenvalue weighted by Gasteiger charge is -2.08. The van der Waals surface area contributed by atoms with Crippen molar-refractivity contribution < 1.29 is 19.7 Å². The molecule has 5 heteroatoms. The first-order valence-corrected chi connectivity index (χ1v) is 7.80. The summed E-state index contributed by atoms with van der Waals surface area (Å²) >= 11 is 0. The third kappa shape index (κ3) is 3.21. The van der Waals surface area contributed by atoms with Crippen LogP contribution in [0.1, 0.15) is 19.4 Å². The molecule has 2 aromatic carbocycles. The van der Waals surface area contributed by atoms with E-state index in [0.29, 0.717) is 17.5 Å². The summed E-state index contributed by atoms with van der Waals surface area (Å²) in [6.45, 7) is 3.94. The first-order valence-electron chi connectivity index (χ1n) is 7.80. The number of phenolic OH excluding ortho intramolecular Hbond substituents is 3. The largest absolute Gasteiger partial charge is 0.508 e. The van der Waals surface area contributed by atoms with Gasteiger partial charge in [-0.1, -0.05) is 17.7 Å². The maximum absolute atomic E-state index is 12.7. The van der Waals surface area contributed by atoms with Crippen LogP contribution in [-0.2, 0) is 6.42 Å². The van der Waals surface area contributed by atoms with Crippen molar-refractivity contribution in [1.82, 2.24) is 0 Å². The summed E-state index contributed by atoms with van der Waals surface area (Å²) in [6.07, 6.45) is 3.82. The number of aromatic hydroxyl groups is 3. The minimum Gasteiger partial charge on any atom is -0.508 e. The molecule has 0 atom stereocenters. The Morgan fingerprint density at radius 2 is 1.84 bits per heavy atom. The lowest BCUT2D eigenvalue weighted by atomic mass is 10.00. The zero-order chi connectivity index (χ0) is 18.1. The average Bonchev–Trinajstić information content (AvgIpc) is 2.54. The van der Waals surface area contributed by atoms with Gasteiger partial charge in [0.2, 0.25) is 5.43 Å². The van der Waals surface area contributed by atoms with Crippen LogP contribution in [0.15, 0.2) is 57.5 Å². The van der Waals surface area contributed by atoms with E-state index in [9.17, 15) is 20.1 Å². The molecule has 0 saturated heterocycles. The van der Waals surface area contributed by atoms with Crippen molar-refractivity contribution in [2.24, 2.45) is 0 Å². The highest BCUT2D eigenvalue weighted by Gasteiger charge is 2.15. The summed E-state index contributed by atoms with van der Waals surface area (Å²) < 4.78 is 5.41. The maximum atomic E-state index is 12.7. The molecule has 5 nitrogen and oxygen atoms in total. The van der Waals surface area contributed by atoms with Gasteiger partial charge in [-0.25, -0.2) is 0 Å². The zero-order valence-corrected chi connectivity index (χ0v) is 13.9. The van der Waals surface area contributed by atoms with Gasteiger partial charge >= 0.3 is 0 Å². The molecule has 25 heavy (non-hydrogen) atoms. The second kappa shape index (κ2) is 6.36. The fourth-order valence-corrected chi connectivity index (χ4v) is 2.65. The monoisotopic (exact) mass is 338 g/mol. The molecule has 0 aliphatic carbocycles. The van der Waals surface area contributed by atoms with Crippen LogP contribution in [0.4, 0.5) is 0 Å². The van der Waals surface area contributed by atoms with E-state index in [2.05, 4.69) is 0 Å². The van der Waals surface area contributed by atoms with Gasteiger partial charge in [-0.3, -0.25) is 4.79 Å². The number of rotatable bonds is 3. The Balaban J connectivity index is 2.17. The van der Waals surface area contributed by atoms with Crippen molar-refractivity contribution in [2.75, 3.05) is 0 Å². The number of hydrogen-bond acceptors (Lipinski definition) is 5. The first kappa shape index (κ1) is 16.6. The Hall–Kier alpha value is -3.21. The molecule has 1 heterocycles. The first-order chi connectivity index (χ1) is 11.9. The second-order valence-corrected chi connectivity index (χ2v) is 6.15. The molecule has 0 saturated carbocycles. The standard InChI is InChI=1S/C20H18O5/c1-11(2)3-4-13-7-12(5-6-16(13)22)15-10-25-18-9-14(21)8-17(23)19(18)20(15)24/h3,5-10,21-23H,4H2,1-2H3. The van der Waals surface area contributed by atoms with E-state index < -0.39 is 5.43 Å². The number of hydrogen-bond donors (Lipinski definition) is 3. The van der Waals surface area contributed by atoms with E-state index in [-0.39, 0.29) is 33.8 Å². The third-order valence-corrected chi connectivity index (χ3v) is 3.96. The highest BCUT2D eigenvalue weighted by atomic mass is 16.3. The quantitative estimate of drug-likeness (QED) is 0.626. The Morgan fingerprint density at radius 3 is 2.56 bits per heavy atom. The summed E-state index contributed by atoms with van der Waals surface area (Å²) in [5, 5.41) is 29.5. The van der Waals surface area contributed by atoms with Crippen LogP contribution in [0, 0.1) is 0 Å².